The largest absolute Gasteiger partial charge is 0.244 e. The summed E-state index contributed by atoms with van der Waals surface area (Å²) >= 11 is 1.45. The summed E-state index contributed by atoms with van der Waals surface area (Å²) in [7, 11) is 0. The van der Waals surface area contributed by atoms with Crippen LogP contribution in [0.4, 0.5) is 0 Å². The van der Waals surface area contributed by atoms with Crippen LogP contribution in [0.25, 0.3) is 21.9 Å². The van der Waals surface area contributed by atoms with Gasteiger partial charge in [-0.2, -0.15) is 0 Å². The Morgan fingerprint density at radius 2 is 2.13 bits per heavy atom. The Kier molecular flexibility index (Phi) is 1.81. The molecule has 0 aliphatic heterocycles. The lowest BCUT2D eigenvalue weighted by Gasteiger charge is -1.93. The average Bonchev–Trinajstić information content (AvgIpc) is 2.72. The van der Waals surface area contributed by atoms with Crippen LogP contribution in [0.3, 0.4) is 0 Å². The molecule has 0 spiro atoms. The highest BCUT2D eigenvalue weighted by molar-refractivity contribution is 7.96. The van der Waals surface area contributed by atoms with E-state index in [2.05, 4.69) is 20.2 Å². The Balaban J connectivity index is 2.47. The summed E-state index contributed by atoms with van der Waals surface area (Å²) in [5.74, 6) is 0. The van der Waals surface area contributed by atoms with E-state index in [9.17, 15) is 0 Å². The minimum absolute atomic E-state index is 0.823. The van der Waals surface area contributed by atoms with Crippen LogP contribution in [-0.4, -0.2) is 30.6 Å². The van der Waals surface area contributed by atoms with E-state index in [1.807, 2.05) is 18.4 Å². The quantitative estimate of drug-likeness (QED) is 0.618. The van der Waals surface area contributed by atoms with Gasteiger partial charge in [0, 0.05) is 17.8 Å². The molecule has 2 aromatic heterocycles. The highest BCUT2D eigenvalue weighted by Crippen LogP contribution is 2.20. The zero-order valence-electron chi connectivity index (χ0n) is 7.95. The molecule has 0 aliphatic carbocycles. The maximum atomic E-state index is 4.34. The van der Waals surface area contributed by atoms with Gasteiger partial charge < -0.3 is 0 Å². The second-order valence-corrected chi connectivity index (χ2v) is 3.72. The van der Waals surface area contributed by atoms with Crippen molar-refractivity contribution in [2.75, 3.05) is 6.26 Å². The van der Waals surface area contributed by atoms with Crippen LogP contribution in [0.1, 0.15) is 0 Å². The summed E-state index contributed by atoms with van der Waals surface area (Å²) in [6, 6.07) is 3.89. The van der Waals surface area contributed by atoms with E-state index in [4.69, 9.17) is 0 Å². The molecular formula is C9H7N5S. The second-order valence-electron chi connectivity index (χ2n) is 3.03. The van der Waals surface area contributed by atoms with Gasteiger partial charge in [-0.1, -0.05) is 0 Å². The monoisotopic (exact) mass is 217 g/mol. The van der Waals surface area contributed by atoms with Crippen molar-refractivity contribution in [1.29, 1.82) is 0 Å². The highest BCUT2D eigenvalue weighted by atomic mass is 32.2. The molecule has 15 heavy (non-hydrogen) atoms. The molecule has 0 fully saturated rings. The van der Waals surface area contributed by atoms with Gasteiger partial charge in [-0.15, -0.1) is 14.4 Å². The summed E-state index contributed by atoms with van der Waals surface area (Å²) in [5.41, 5.74) is 2.53. The number of fused-ring (bicyclic) bond motifs is 3. The summed E-state index contributed by atoms with van der Waals surface area (Å²) in [6.45, 7) is 0. The Hall–Kier alpha value is -1.69. The smallest absolute Gasteiger partial charge is 0.140 e. The van der Waals surface area contributed by atoms with Crippen LogP contribution >= 0.6 is 11.9 Å². The molecule has 0 unspecified atom stereocenters. The fraction of sp³-hybridized carbons (Fsp3) is 0.111. The molecule has 1 aromatic carbocycles. The van der Waals surface area contributed by atoms with Crippen LogP contribution in [-0.2, 0) is 0 Å². The third-order valence-electron chi connectivity index (χ3n) is 2.17. The molecule has 2 heterocycles. The first-order chi connectivity index (χ1) is 7.38. The van der Waals surface area contributed by atoms with Crippen LogP contribution in [0.5, 0.6) is 0 Å². The van der Waals surface area contributed by atoms with Gasteiger partial charge in [0.15, 0.2) is 0 Å². The lowest BCUT2D eigenvalue weighted by Crippen LogP contribution is -1.88. The maximum absolute atomic E-state index is 4.34. The predicted molar refractivity (Wildman–Crippen MR) is 59.5 cm³/mol. The van der Waals surface area contributed by atoms with Gasteiger partial charge in [0.25, 0.3) is 0 Å². The third kappa shape index (κ3) is 1.25. The summed E-state index contributed by atoms with van der Waals surface area (Å²) in [5, 5.41) is 9.61. The van der Waals surface area contributed by atoms with E-state index < -0.39 is 0 Å². The minimum atomic E-state index is 0.823. The third-order valence-corrected chi connectivity index (χ3v) is 2.66. The fourth-order valence-electron chi connectivity index (χ4n) is 1.49. The van der Waals surface area contributed by atoms with E-state index in [-0.39, 0.29) is 0 Å². The first-order valence-electron chi connectivity index (χ1n) is 4.39. The standard InChI is InChI=1S/C9H7N5S/c1-15-14-12-7-3-2-6-4-10-5-11-8(6)9(7)13-14/h2-5H,1H3. The molecule has 3 aromatic rings. The molecule has 0 radical (unpaired) electrons. The number of hydrogen-bond acceptors (Lipinski definition) is 5. The molecule has 0 saturated heterocycles. The van der Waals surface area contributed by atoms with Crippen molar-refractivity contribution in [3.05, 3.63) is 24.7 Å². The van der Waals surface area contributed by atoms with Crippen molar-refractivity contribution in [2.24, 2.45) is 0 Å². The van der Waals surface area contributed by atoms with E-state index in [0.717, 1.165) is 21.9 Å². The van der Waals surface area contributed by atoms with Gasteiger partial charge in [-0.25, -0.2) is 9.97 Å². The number of hydrogen-bond donors (Lipinski definition) is 0. The molecule has 0 saturated carbocycles. The van der Waals surface area contributed by atoms with E-state index in [0.29, 0.717) is 0 Å². The van der Waals surface area contributed by atoms with Gasteiger partial charge in [0.05, 0.1) is 0 Å². The van der Waals surface area contributed by atoms with Gasteiger partial charge in [-0.3, -0.25) is 0 Å². The van der Waals surface area contributed by atoms with Crippen LogP contribution in [0.15, 0.2) is 24.7 Å². The van der Waals surface area contributed by atoms with Crippen molar-refractivity contribution in [2.45, 2.75) is 0 Å². The number of aromatic nitrogens is 5. The molecule has 0 aliphatic rings. The van der Waals surface area contributed by atoms with Crippen molar-refractivity contribution >= 4 is 33.9 Å². The number of benzene rings is 1. The molecule has 0 atom stereocenters. The Labute approximate surface area is 89.7 Å². The van der Waals surface area contributed by atoms with Crippen LogP contribution < -0.4 is 0 Å². The van der Waals surface area contributed by atoms with E-state index in [1.165, 1.54) is 18.3 Å². The summed E-state index contributed by atoms with van der Waals surface area (Å²) < 4.78 is 1.59. The van der Waals surface area contributed by atoms with Crippen molar-refractivity contribution in [3.8, 4) is 0 Å². The maximum Gasteiger partial charge on any atom is 0.140 e. The molecule has 6 heteroatoms. The number of nitrogens with zero attached hydrogens (tertiary/aromatic N) is 5. The lowest BCUT2D eigenvalue weighted by atomic mass is 10.2. The Morgan fingerprint density at radius 3 is 3.00 bits per heavy atom. The van der Waals surface area contributed by atoms with Crippen LogP contribution in [0.2, 0.25) is 0 Å². The lowest BCUT2D eigenvalue weighted by molar-refractivity contribution is 0.884. The Morgan fingerprint density at radius 1 is 1.20 bits per heavy atom. The Bertz CT molecular complexity index is 633. The van der Waals surface area contributed by atoms with Crippen molar-refractivity contribution in [3.63, 3.8) is 0 Å². The van der Waals surface area contributed by atoms with Gasteiger partial charge >= 0.3 is 0 Å². The zero-order chi connectivity index (χ0) is 10.3. The second kappa shape index (κ2) is 3.16. The topological polar surface area (TPSA) is 56.5 Å². The highest BCUT2D eigenvalue weighted by Gasteiger charge is 2.07. The molecule has 0 N–H and O–H groups in total. The zero-order valence-corrected chi connectivity index (χ0v) is 8.77. The first kappa shape index (κ1) is 8.60. The predicted octanol–water partition coefficient (Wildman–Crippen LogP) is 1.50. The van der Waals surface area contributed by atoms with Crippen LogP contribution in [0, 0.1) is 0 Å². The molecule has 3 rings (SSSR count). The normalized spacial score (nSPS) is 11.3. The average molecular weight is 217 g/mol. The van der Waals surface area contributed by atoms with Crippen molar-refractivity contribution in [1.82, 2.24) is 24.4 Å². The van der Waals surface area contributed by atoms with E-state index >= 15 is 0 Å². The van der Waals surface area contributed by atoms with Crippen molar-refractivity contribution < 1.29 is 0 Å². The fourth-order valence-corrected chi connectivity index (χ4v) is 1.82. The minimum Gasteiger partial charge on any atom is -0.244 e. The summed E-state index contributed by atoms with van der Waals surface area (Å²) in [4.78, 5) is 8.20. The molecule has 74 valence electrons. The molecule has 5 nitrogen and oxygen atoms in total. The van der Waals surface area contributed by atoms with Gasteiger partial charge in [-0.05, 0) is 24.1 Å². The first-order valence-corrected chi connectivity index (χ1v) is 5.57. The molecule has 0 amide bonds. The van der Waals surface area contributed by atoms with Gasteiger partial charge in [0.2, 0.25) is 0 Å². The molecular weight excluding hydrogens is 210 g/mol. The molecule has 0 bridgehead atoms. The number of rotatable bonds is 1. The van der Waals surface area contributed by atoms with Gasteiger partial charge in [0.1, 0.15) is 22.9 Å². The SMILES string of the molecule is CSn1nc2ccc3cncnc3c2n1. The summed E-state index contributed by atoms with van der Waals surface area (Å²) in [6.07, 6.45) is 5.23. The van der Waals surface area contributed by atoms with E-state index in [1.54, 1.807) is 10.4 Å².